The van der Waals surface area contributed by atoms with E-state index in [9.17, 15) is 4.79 Å². The van der Waals surface area contributed by atoms with Gasteiger partial charge in [-0.25, -0.2) is 14.8 Å². The number of hydrogen-bond acceptors (Lipinski definition) is 7. The molecule has 160 valence electrons. The van der Waals surface area contributed by atoms with Crippen molar-refractivity contribution in [3.05, 3.63) is 34.5 Å². The van der Waals surface area contributed by atoms with E-state index in [1.807, 2.05) is 6.07 Å². The van der Waals surface area contributed by atoms with Gasteiger partial charge in [0.25, 0.3) is 0 Å². The predicted octanol–water partition coefficient (Wildman–Crippen LogP) is 3.50. The minimum absolute atomic E-state index is 0.274. The molecule has 1 aliphatic carbocycles. The van der Waals surface area contributed by atoms with Gasteiger partial charge in [-0.15, -0.1) is 11.3 Å². The molecule has 2 aromatic heterocycles. The average Bonchev–Trinajstić information content (AvgIpc) is 3.09. The number of carbonyl (C=O) groups is 1. The quantitative estimate of drug-likeness (QED) is 0.569. The summed E-state index contributed by atoms with van der Waals surface area (Å²) in [4.78, 5) is 26.9. The Bertz CT molecular complexity index is 894. The average molecular weight is 446 g/mol. The predicted molar refractivity (Wildman–Crippen MR) is 124 cm³/mol. The van der Waals surface area contributed by atoms with Gasteiger partial charge in [0.05, 0.1) is 12.7 Å². The highest BCUT2D eigenvalue weighted by atomic mass is 32.1. The summed E-state index contributed by atoms with van der Waals surface area (Å²) >= 11 is 7.37. The van der Waals surface area contributed by atoms with Crippen molar-refractivity contribution in [3.63, 3.8) is 0 Å². The normalized spacial score (nSPS) is 17.0. The molecule has 0 unspecified atom stereocenters. The van der Waals surface area contributed by atoms with Crippen LogP contribution in [0.4, 0.5) is 10.9 Å². The zero-order valence-electron chi connectivity index (χ0n) is 17.2. The molecule has 0 bridgehead atoms. The molecule has 4 rings (SSSR count). The van der Waals surface area contributed by atoms with Gasteiger partial charge >= 0.3 is 5.97 Å². The van der Waals surface area contributed by atoms with Gasteiger partial charge in [0, 0.05) is 43.4 Å². The van der Waals surface area contributed by atoms with Crippen molar-refractivity contribution in [1.82, 2.24) is 14.9 Å². The summed E-state index contributed by atoms with van der Waals surface area (Å²) in [5.41, 5.74) is 1.83. The van der Waals surface area contributed by atoms with Gasteiger partial charge in [-0.2, -0.15) is 0 Å². The topological polar surface area (TPSA) is 70.6 Å². The molecule has 2 aliphatic rings. The first kappa shape index (κ1) is 21.0. The van der Waals surface area contributed by atoms with Gasteiger partial charge in [-0.05, 0) is 49.5 Å². The number of methoxy groups -OCH3 is 1. The number of thiophene rings is 1. The molecule has 0 amide bonds. The number of anilines is 2. The van der Waals surface area contributed by atoms with Gasteiger partial charge in [-0.3, -0.25) is 0 Å². The van der Waals surface area contributed by atoms with Crippen LogP contribution in [-0.2, 0) is 17.6 Å². The molecular formula is C21H27N5O2S2. The monoisotopic (exact) mass is 445 g/mol. The van der Waals surface area contributed by atoms with Crippen molar-refractivity contribution in [1.29, 1.82) is 0 Å². The lowest BCUT2D eigenvalue weighted by molar-refractivity contribution is 0.0601. The third kappa shape index (κ3) is 4.57. The zero-order valence-corrected chi connectivity index (χ0v) is 18.9. The van der Waals surface area contributed by atoms with Crippen molar-refractivity contribution in [2.24, 2.45) is 0 Å². The van der Waals surface area contributed by atoms with E-state index in [4.69, 9.17) is 17.0 Å². The fraction of sp³-hybridized carbons (Fsp3) is 0.524. The minimum Gasteiger partial charge on any atom is -0.465 e. The number of esters is 1. The summed E-state index contributed by atoms with van der Waals surface area (Å²) in [5, 5.41) is 4.86. The van der Waals surface area contributed by atoms with Crippen LogP contribution >= 0.6 is 23.6 Å². The maximum Gasteiger partial charge on any atom is 0.341 e. The molecule has 7 nitrogen and oxygen atoms in total. The lowest BCUT2D eigenvalue weighted by atomic mass is 9.96. The first-order chi connectivity index (χ1) is 14.7. The van der Waals surface area contributed by atoms with Gasteiger partial charge in [0.15, 0.2) is 5.11 Å². The maximum atomic E-state index is 12.6. The first-order valence-corrected chi connectivity index (χ1v) is 11.7. The highest BCUT2D eigenvalue weighted by Crippen LogP contribution is 2.37. The molecule has 9 heteroatoms. The Kier molecular flexibility index (Phi) is 6.79. The Morgan fingerprint density at radius 1 is 1.10 bits per heavy atom. The Labute approximate surface area is 186 Å². The third-order valence-electron chi connectivity index (χ3n) is 5.68. The standard InChI is InChI=1S/C21H27N5O2S2/c1-28-19(27)17-15-7-4-2-3-5-8-16(15)30-18(17)24-21(29)26-13-11-25(12-14-26)20-22-9-6-10-23-20/h6,9-10H,2-5,7-8,11-14H2,1H3,(H,24,29). The second kappa shape index (κ2) is 9.70. The van der Waals surface area contributed by atoms with Crippen LogP contribution in [0.2, 0.25) is 0 Å². The number of thiocarbonyl (C=S) groups is 1. The van der Waals surface area contributed by atoms with Crippen molar-refractivity contribution in [2.75, 3.05) is 43.5 Å². The fourth-order valence-corrected chi connectivity index (χ4v) is 5.69. The Hall–Kier alpha value is -2.26. The summed E-state index contributed by atoms with van der Waals surface area (Å²) in [7, 11) is 1.45. The maximum absolute atomic E-state index is 12.6. The van der Waals surface area contributed by atoms with Crippen LogP contribution in [0, 0.1) is 0 Å². The van der Waals surface area contributed by atoms with E-state index < -0.39 is 0 Å². The van der Waals surface area contributed by atoms with Crippen LogP contribution in [0.5, 0.6) is 0 Å². The van der Waals surface area contributed by atoms with Crippen LogP contribution in [-0.4, -0.2) is 59.2 Å². The number of fused-ring (bicyclic) bond motifs is 1. The van der Waals surface area contributed by atoms with E-state index in [0.717, 1.165) is 62.0 Å². The number of rotatable bonds is 3. The number of piperazine rings is 1. The molecule has 0 atom stereocenters. The highest BCUT2D eigenvalue weighted by Gasteiger charge is 2.27. The molecule has 0 aromatic carbocycles. The summed E-state index contributed by atoms with van der Waals surface area (Å²) in [6.07, 6.45) is 10.2. The molecule has 3 heterocycles. The number of nitrogens with zero attached hydrogens (tertiary/aromatic N) is 4. The summed E-state index contributed by atoms with van der Waals surface area (Å²) in [6, 6.07) is 1.82. The molecule has 0 saturated carbocycles. The summed E-state index contributed by atoms with van der Waals surface area (Å²) in [5.74, 6) is 0.478. The summed E-state index contributed by atoms with van der Waals surface area (Å²) < 4.78 is 5.11. The van der Waals surface area contributed by atoms with Crippen molar-refractivity contribution in [2.45, 2.75) is 38.5 Å². The van der Waals surface area contributed by atoms with Crippen LogP contribution in [0.3, 0.4) is 0 Å². The number of aromatic nitrogens is 2. The SMILES string of the molecule is COC(=O)c1c(NC(=S)N2CCN(c3ncccn3)CC2)sc2c1CCCCCC2. The lowest BCUT2D eigenvalue weighted by Gasteiger charge is -2.36. The highest BCUT2D eigenvalue weighted by molar-refractivity contribution is 7.80. The van der Waals surface area contributed by atoms with Gasteiger partial charge in [0.2, 0.25) is 5.95 Å². The van der Waals surface area contributed by atoms with E-state index in [1.165, 1.54) is 31.2 Å². The van der Waals surface area contributed by atoms with Crippen LogP contribution in [0.1, 0.15) is 46.5 Å². The second-order valence-corrected chi connectivity index (χ2v) is 9.06. The molecular weight excluding hydrogens is 418 g/mol. The van der Waals surface area contributed by atoms with Crippen molar-refractivity contribution >= 4 is 45.6 Å². The van der Waals surface area contributed by atoms with Gasteiger partial charge < -0.3 is 19.9 Å². The van der Waals surface area contributed by atoms with Gasteiger partial charge in [0.1, 0.15) is 5.00 Å². The van der Waals surface area contributed by atoms with Gasteiger partial charge in [-0.1, -0.05) is 12.8 Å². The first-order valence-electron chi connectivity index (χ1n) is 10.5. The third-order valence-corrected chi connectivity index (χ3v) is 7.25. The zero-order chi connectivity index (χ0) is 20.9. The molecule has 1 N–H and O–H groups in total. The number of aryl methyl sites for hydroxylation is 1. The number of carbonyl (C=O) groups excluding carboxylic acids is 1. The van der Waals surface area contributed by atoms with Crippen molar-refractivity contribution < 1.29 is 9.53 Å². The Morgan fingerprint density at radius 3 is 2.50 bits per heavy atom. The lowest BCUT2D eigenvalue weighted by Crippen LogP contribution is -2.50. The molecule has 0 spiro atoms. The number of hydrogen-bond donors (Lipinski definition) is 1. The fourth-order valence-electron chi connectivity index (χ4n) is 4.07. The molecule has 1 fully saturated rings. The van der Waals surface area contributed by atoms with E-state index in [0.29, 0.717) is 10.7 Å². The molecule has 0 radical (unpaired) electrons. The van der Waals surface area contributed by atoms with Crippen LogP contribution in [0.25, 0.3) is 0 Å². The Balaban J connectivity index is 1.46. The molecule has 30 heavy (non-hydrogen) atoms. The van der Waals surface area contributed by atoms with Crippen molar-refractivity contribution in [3.8, 4) is 0 Å². The van der Waals surface area contributed by atoms with E-state index in [2.05, 4.69) is 25.1 Å². The molecule has 1 saturated heterocycles. The number of nitrogens with one attached hydrogen (secondary N) is 1. The summed E-state index contributed by atoms with van der Waals surface area (Å²) in [6.45, 7) is 3.17. The Morgan fingerprint density at radius 2 is 1.80 bits per heavy atom. The minimum atomic E-state index is -0.274. The van der Waals surface area contributed by atoms with E-state index in [-0.39, 0.29) is 5.97 Å². The molecule has 1 aliphatic heterocycles. The van der Waals surface area contributed by atoms with E-state index >= 15 is 0 Å². The molecule has 2 aromatic rings. The van der Waals surface area contributed by atoms with E-state index in [1.54, 1.807) is 23.7 Å². The van der Waals surface area contributed by atoms with Crippen LogP contribution < -0.4 is 10.2 Å². The smallest absolute Gasteiger partial charge is 0.341 e. The van der Waals surface area contributed by atoms with Crippen LogP contribution in [0.15, 0.2) is 18.5 Å². The largest absolute Gasteiger partial charge is 0.465 e. The second-order valence-electron chi connectivity index (χ2n) is 7.57. The number of ether oxygens (including phenoxy) is 1.